The molecule has 0 aliphatic carbocycles. The number of carbonyl (C=O) groups excluding carboxylic acids is 1. The van der Waals surface area contributed by atoms with Crippen LogP contribution in [0.3, 0.4) is 0 Å². The lowest BCUT2D eigenvalue weighted by Gasteiger charge is -2.41. The third-order valence-corrected chi connectivity index (χ3v) is 4.63. The molecule has 1 amide bonds. The number of fused-ring (bicyclic) bond motifs is 1. The van der Waals surface area contributed by atoms with E-state index in [-0.39, 0.29) is 17.5 Å². The molecule has 0 bridgehead atoms. The van der Waals surface area contributed by atoms with Gasteiger partial charge in [-0.2, -0.15) is 0 Å². The first-order chi connectivity index (χ1) is 11.9. The Bertz CT molecular complexity index is 872. The van der Waals surface area contributed by atoms with Gasteiger partial charge in [0.05, 0.1) is 6.04 Å². The fourth-order valence-corrected chi connectivity index (χ4v) is 3.48. The molecule has 3 aromatic carbocycles. The van der Waals surface area contributed by atoms with E-state index in [4.69, 9.17) is 0 Å². The van der Waals surface area contributed by atoms with Crippen LogP contribution < -0.4 is 0 Å². The van der Waals surface area contributed by atoms with Crippen molar-refractivity contribution in [2.45, 2.75) is 39.3 Å². The van der Waals surface area contributed by atoms with E-state index < -0.39 is 0 Å². The van der Waals surface area contributed by atoms with E-state index in [9.17, 15) is 4.79 Å². The quantitative estimate of drug-likeness (QED) is 0.590. The molecule has 0 radical (unpaired) electrons. The fourth-order valence-electron chi connectivity index (χ4n) is 3.48. The monoisotopic (exact) mass is 331 g/mol. The average molecular weight is 331 g/mol. The highest BCUT2D eigenvalue weighted by Crippen LogP contribution is 2.31. The lowest BCUT2D eigenvalue weighted by molar-refractivity contribution is 0.0463. The summed E-state index contributed by atoms with van der Waals surface area (Å²) in [5.74, 6) is 0.0700. The molecular formula is C23H25NO. The second-order valence-corrected chi connectivity index (χ2v) is 7.46. The van der Waals surface area contributed by atoms with E-state index in [1.807, 2.05) is 65.6 Å². The lowest BCUT2D eigenvalue weighted by Crippen LogP contribution is -2.47. The average Bonchev–Trinajstić information content (AvgIpc) is 2.60. The molecule has 3 aromatic rings. The molecular weight excluding hydrogens is 306 g/mol. The van der Waals surface area contributed by atoms with Gasteiger partial charge in [0.25, 0.3) is 5.91 Å². The molecule has 0 saturated heterocycles. The number of carbonyl (C=O) groups is 1. The molecule has 2 heteroatoms. The summed E-state index contributed by atoms with van der Waals surface area (Å²) < 4.78 is 0. The molecule has 0 spiro atoms. The summed E-state index contributed by atoms with van der Waals surface area (Å²) in [4.78, 5) is 15.5. The van der Waals surface area contributed by atoms with Crippen molar-refractivity contribution < 1.29 is 4.79 Å². The first kappa shape index (κ1) is 17.2. The maximum absolute atomic E-state index is 13.5. The van der Waals surface area contributed by atoms with Gasteiger partial charge in [0.1, 0.15) is 0 Å². The van der Waals surface area contributed by atoms with E-state index in [1.54, 1.807) is 0 Å². The van der Waals surface area contributed by atoms with Crippen LogP contribution >= 0.6 is 0 Å². The van der Waals surface area contributed by atoms with Gasteiger partial charge in [-0.25, -0.2) is 0 Å². The molecule has 1 unspecified atom stereocenters. The number of hydrogen-bond donors (Lipinski definition) is 0. The van der Waals surface area contributed by atoms with Crippen molar-refractivity contribution in [3.63, 3.8) is 0 Å². The summed E-state index contributed by atoms with van der Waals surface area (Å²) in [5.41, 5.74) is 1.62. The summed E-state index contributed by atoms with van der Waals surface area (Å²) in [6.45, 7) is 8.38. The van der Waals surface area contributed by atoms with Crippen LogP contribution in [0.4, 0.5) is 0 Å². The maximum atomic E-state index is 13.5. The molecule has 2 nitrogen and oxygen atoms in total. The number of benzene rings is 3. The van der Waals surface area contributed by atoms with Gasteiger partial charge in [-0.1, -0.05) is 66.7 Å². The summed E-state index contributed by atoms with van der Waals surface area (Å²) in [5, 5.41) is 2.10. The third-order valence-electron chi connectivity index (χ3n) is 4.63. The van der Waals surface area contributed by atoms with Crippen LogP contribution in [0.15, 0.2) is 72.8 Å². The van der Waals surface area contributed by atoms with Crippen LogP contribution in [0.5, 0.6) is 0 Å². The summed E-state index contributed by atoms with van der Waals surface area (Å²) >= 11 is 0. The Balaban J connectivity index is 2.09. The number of amides is 1. The first-order valence-electron chi connectivity index (χ1n) is 8.76. The molecule has 128 valence electrons. The Morgan fingerprint density at radius 2 is 1.44 bits per heavy atom. The highest BCUT2D eigenvalue weighted by molar-refractivity contribution is 6.07. The van der Waals surface area contributed by atoms with Crippen molar-refractivity contribution in [3.05, 3.63) is 83.9 Å². The standard InChI is InChI=1S/C23H25NO/c1-17(18-11-6-5-7-12-18)24(23(2,3)4)22(25)21-16-10-14-19-13-8-9-15-20(19)21/h5-17H,1-4H3. The number of rotatable bonds is 3. The van der Waals surface area contributed by atoms with E-state index in [0.717, 1.165) is 21.9 Å². The minimum atomic E-state index is -0.288. The minimum Gasteiger partial charge on any atom is -0.327 e. The van der Waals surface area contributed by atoms with Crippen molar-refractivity contribution in [1.82, 2.24) is 4.90 Å². The van der Waals surface area contributed by atoms with Gasteiger partial charge in [0, 0.05) is 11.1 Å². The summed E-state index contributed by atoms with van der Waals surface area (Å²) in [6, 6.07) is 24.2. The smallest absolute Gasteiger partial charge is 0.255 e. The third kappa shape index (κ3) is 3.43. The molecule has 0 heterocycles. The van der Waals surface area contributed by atoms with Crippen LogP contribution in [-0.2, 0) is 0 Å². The van der Waals surface area contributed by atoms with Crippen LogP contribution in [0.1, 0.15) is 49.7 Å². The highest BCUT2D eigenvalue weighted by atomic mass is 16.2. The zero-order valence-electron chi connectivity index (χ0n) is 15.4. The van der Waals surface area contributed by atoms with Gasteiger partial charge in [-0.3, -0.25) is 4.79 Å². The topological polar surface area (TPSA) is 20.3 Å². The molecule has 0 aliphatic rings. The largest absolute Gasteiger partial charge is 0.327 e. The molecule has 0 fully saturated rings. The summed E-state index contributed by atoms with van der Waals surface area (Å²) in [6.07, 6.45) is 0. The molecule has 0 aromatic heterocycles. The van der Waals surface area contributed by atoms with E-state index >= 15 is 0 Å². The number of nitrogens with zero attached hydrogens (tertiary/aromatic N) is 1. The maximum Gasteiger partial charge on any atom is 0.255 e. The predicted octanol–water partition coefficient (Wildman–Crippen LogP) is 5.84. The molecule has 0 N–H and O–H groups in total. The zero-order chi connectivity index (χ0) is 18.0. The van der Waals surface area contributed by atoms with E-state index in [0.29, 0.717) is 0 Å². The Morgan fingerprint density at radius 3 is 2.12 bits per heavy atom. The fraction of sp³-hybridized carbons (Fsp3) is 0.261. The lowest BCUT2D eigenvalue weighted by atomic mass is 9.95. The van der Waals surface area contributed by atoms with Gasteiger partial charge >= 0.3 is 0 Å². The molecule has 1 atom stereocenters. The van der Waals surface area contributed by atoms with Crippen molar-refractivity contribution in [1.29, 1.82) is 0 Å². The second-order valence-electron chi connectivity index (χ2n) is 7.46. The Kier molecular flexibility index (Phi) is 4.63. The Labute approximate surface area is 150 Å². The van der Waals surface area contributed by atoms with Gasteiger partial charge in [-0.05, 0) is 50.1 Å². The van der Waals surface area contributed by atoms with Gasteiger partial charge in [0.2, 0.25) is 0 Å². The Morgan fingerprint density at radius 1 is 0.840 bits per heavy atom. The Hall–Kier alpha value is -2.61. The van der Waals surface area contributed by atoms with E-state index in [2.05, 4.69) is 39.8 Å². The summed E-state index contributed by atoms with van der Waals surface area (Å²) in [7, 11) is 0. The van der Waals surface area contributed by atoms with Crippen molar-refractivity contribution in [2.24, 2.45) is 0 Å². The van der Waals surface area contributed by atoms with Gasteiger partial charge in [0.15, 0.2) is 0 Å². The SMILES string of the molecule is CC(c1ccccc1)N(C(=O)c1cccc2ccccc12)C(C)(C)C. The van der Waals surface area contributed by atoms with Gasteiger partial charge < -0.3 is 4.90 Å². The molecule has 25 heavy (non-hydrogen) atoms. The van der Waals surface area contributed by atoms with Crippen molar-refractivity contribution in [3.8, 4) is 0 Å². The van der Waals surface area contributed by atoms with Crippen LogP contribution in [0.25, 0.3) is 10.8 Å². The minimum absolute atomic E-state index is 0.00679. The normalized spacial score (nSPS) is 12.8. The highest BCUT2D eigenvalue weighted by Gasteiger charge is 2.32. The van der Waals surface area contributed by atoms with Crippen molar-refractivity contribution >= 4 is 16.7 Å². The van der Waals surface area contributed by atoms with Gasteiger partial charge in [-0.15, -0.1) is 0 Å². The molecule has 3 rings (SSSR count). The van der Waals surface area contributed by atoms with Crippen LogP contribution in [0, 0.1) is 0 Å². The number of hydrogen-bond acceptors (Lipinski definition) is 1. The molecule has 0 saturated carbocycles. The van der Waals surface area contributed by atoms with Crippen LogP contribution in [-0.4, -0.2) is 16.3 Å². The predicted molar refractivity (Wildman–Crippen MR) is 105 cm³/mol. The van der Waals surface area contributed by atoms with E-state index in [1.165, 1.54) is 0 Å². The molecule has 0 aliphatic heterocycles. The van der Waals surface area contributed by atoms with Crippen molar-refractivity contribution in [2.75, 3.05) is 0 Å². The second kappa shape index (κ2) is 6.72. The first-order valence-corrected chi connectivity index (χ1v) is 8.76. The zero-order valence-corrected chi connectivity index (χ0v) is 15.4. The van der Waals surface area contributed by atoms with Crippen LogP contribution in [0.2, 0.25) is 0 Å².